The molecule has 3 heteroatoms. The molecule has 0 saturated carbocycles. The molecule has 0 heterocycles. The first-order valence-electron chi connectivity index (χ1n) is 6.44. The Morgan fingerprint density at radius 1 is 0.571 bits per heavy atom. The van der Waals surface area contributed by atoms with E-state index >= 15 is 0 Å². The van der Waals surface area contributed by atoms with Crippen molar-refractivity contribution in [2.24, 2.45) is 0 Å². The van der Waals surface area contributed by atoms with Crippen LogP contribution in [0.2, 0.25) is 5.02 Å². The lowest BCUT2D eigenvalue weighted by molar-refractivity contribution is 1.43. The van der Waals surface area contributed by atoms with E-state index in [4.69, 9.17) is 11.6 Å². The summed E-state index contributed by atoms with van der Waals surface area (Å²) in [6.07, 6.45) is 0. The molecular formula is C18H15ClS2. The second-order valence-corrected chi connectivity index (χ2v) is 5.87. The van der Waals surface area contributed by atoms with Gasteiger partial charge in [-0.3, -0.25) is 0 Å². The lowest BCUT2D eigenvalue weighted by Crippen LogP contribution is -1.77. The maximum Gasteiger partial charge on any atom is 0.0405 e. The van der Waals surface area contributed by atoms with Crippen LogP contribution in [0.4, 0.5) is 0 Å². The maximum absolute atomic E-state index is 5.54. The monoisotopic (exact) mass is 330 g/mol. The third kappa shape index (κ3) is 5.50. The van der Waals surface area contributed by atoms with Crippen molar-refractivity contribution in [2.45, 2.75) is 9.79 Å². The van der Waals surface area contributed by atoms with Crippen LogP contribution in [0.5, 0.6) is 0 Å². The molecular weight excluding hydrogens is 316 g/mol. The first-order chi connectivity index (χ1) is 10.1. The molecule has 0 unspecified atom stereocenters. The van der Waals surface area contributed by atoms with Crippen LogP contribution in [0.3, 0.4) is 0 Å². The summed E-state index contributed by atoms with van der Waals surface area (Å²) >= 11 is 14.2. The molecule has 0 bridgehead atoms. The number of rotatable bonds is 1. The highest BCUT2D eigenvalue weighted by Gasteiger charge is 1.97. The Kier molecular flexibility index (Phi) is 6.24. The molecule has 0 fully saturated rings. The average molecular weight is 331 g/mol. The standard InChI is InChI=1S/C12H10S2.C6H5Cl/c13-11-5-1-3-9(7-11)10-4-2-6-12(14)8-10;7-6-4-2-1-3-5-6/h1-8,13-14H;1-5H. The summed E-state index contributed by atoms with van der Waals surface area (Å²) in [5.41, 5.74) is 2.35. The van der Waals surface area contributed by atoms with Crippen LogP contribution in [0, 0.1) is 0 Å². The summed E-state index contributed by atoms with van der Waals surface area (Å²) in [5.74, 6) is 0. The average Bonchev–Trinajstić information content (AvgIpc) is 2.49. The van der Waals surface area contributed by atoms with Crippen LogP contribution in [0.25, 0.3) is 11.1 Å². The van der Waals surface area contributed by atoms with Crippen molar-refractivity contribution in [1.82, 2.24) is 0 Å². The summed E-state index contributed by atoms with van der Waals surface area (Å²) in [6.45, 7) is 0. The van der Waals surface area contributed by atoms with Crippen molar-refractivity contribution in [3.63, 3.8) is 0 Å². The minimum Gasteiger partial charge on any atom is -0.143 e. The van der Waals surface area contributed by atoms with E-state index in [2.05, 4.69) is 37.4 Å². The van der Waals surface area contributed by atoms with Gasteiger partial charge in [-0.15, -0.1) is 25.3 Å². The Balaban J connectivity index is 0.000000194. The molecule has 0 aliphatic carbocycles. The second kappa shape index (κ2) is 8.18. The quantitative estimate of drug-likeness (QED) is 0.482. The first-order valence-corrected chi connectivity index (χ1v) is 7.71. The number of halogens is 1. The minimum atomic E-state index is 0.794. The summed E-state index contributed by atoms with van der Waals surface area (Å²) in [5, 5.41) is 0.794. The highest BCUT2D eigenvalue weighted by Crippen LogP contribution is 2.23. The molecule has 0 spiro atoms. The Hall–Kier alpha value is -1.35. The van der Waals surface area contributed by atoms with E-state index in [9.17, 15) is 0 Å². The first kappa shape index (κ1) is 16.0. The van der Waals surface area contributed by atoms with Gasteiger partial charge in [0, 0.05) is 14.8 Å². The van der Waals surface area contributed by atoms with Crippen molar-refractivity contribution in [2.75, 3.05) is 0 Å². The van der Waals surface area contributed by atoms with Crippen LogP contribution in [-0.2, 0) is 0 Å². The van der Waals surface area contributed by atoms with Crippen molar-refractivity contribution >= 4 is 36.9 Å². The molecule has 0 saturated heterocycles. The van der Waals surface area contributed by atoms with Gasteiger partial charge in [-0.2, -0.15) is 0 Å². The molecule has 3 aromatic rings. The maximum atomic E-state index is 5.54. The van der Waals surface area contributed by atoms with Gasteiger partial charge < -0.3 is 0 Å². The normalized spacial score (nSPS) is 9.67. The highest BCUT2D eigenvalue weighted by atomic mass is 35.5. The molecule has 0 amide bonds. The molecule has 0 aliphatic rings. The van der Waals surface area contributed by atoms with Crippen LogP contribution in [0.15, 0.2) is 88.7 Å². The fourth-order valence-corrected chi connectivity index (χ4v) is 2.38. The molecule has 0 atom stereocenters. The SMILES string of the molecule is Clc1ccccc1.Sc1cccc(-c2cccc(S)c2)c1. The van der Waals surface area contributed by atoms with Gasteiger partial charge in [0.05, 0.1) is 0 Å². The number of thiol groups is 2. The van der Waals surface area contributed by atoms with E-state index in [0.717, 1.165) is 14.8 Å². The molecule has 0 radical (unpaired) electrons. The molecule has 0 N–H and O–H groups in total. The number of benzene rings is 3. The molecule has 0 nitrogen and oxygen atoms in total. The Bertz CT molecular complexity index is 653. The molecule has 3 rings (SSSR count). The number of hydrogen-bond acceptors (Lipinski definition) is 2. The van der Waals surface area contributed by atoms with Crippen LogP contribution >= 0.6 is 36.9 Å². The predicted molar refractivity (Wildman–Crippen MR) is 97.8 cm³/mol. The number of hydrogen-bond donors (Lipinski definition) is 2. The van der Waals surface area contributed by atoms with Gasteiger partial charge in [0.25, 0.3) is 0 Å². The largest absolute Gasteiger partial charge is 0.143 e. The van der Waals surface area contributed by atoms with Gasteiger partial charge in [-0.1, -0.05) is 54.1 Å². The van der Waals surface area contributed by atoms with E-state index in [1.165, 1.54) is 11.1 Å². The van der Waals surface area contributed by atoms with Gasteiger partial charge in [0.2, 0.25) is 0 Å². The zero-order valence-corrected chi connectivity index (χ0v) is 13.8. The molecule has 0 aromatic heterocycles. The zero-order chi connectivity index (χ0) is 15.1. The lowest BCUT2D eigenvalue weighted by Gasteiger charge is -2.02. The van der Waals surface area contributed by atoms with Crippen molar-refractivity contribution in [1.29, 1.82) is 0 Å². The summed E-state index contributed by atoms with van der Waals surface area (Å²) in [4.78, 5) is 1.96. The van der Waals surface area contributed by atoms with E-state index in [-0.39, 0.29) is 0 Å². The van der Waals surface area contributed by atoms with Gasteiger partial charge in [0.1, 0.15) is 0 Å². The topological polar surface area (TPSA) is 0 Å². The van der Waals surface area contributed by atoms with Gasteiger partial charge in [-0.05, 0) is 47.5 Å². The minimum absolute atomic E-state index is 0.794. The third-order valence-corrected chi connectivity index (χ3v) is 3.57. The summed E-state index contributed by atoms with van der Waals surface area (Å²) in [7, 11) is 0. The summed E-state index contributed by atoms with van der Waals surface area (Å²) in [6, 6.07) is 25.6. The predicted octanol–water partition coefficient (Wildman–Crippen LogP) is 6.27. The van der Waals surface area contributed by atoms with E-state index in [1.54, 1.807) is 0 Å². The van der Waals surface area contributed by atoms with E-state index < -0.39 is 0 Å². The highest BCUT2D eigenvalue weighted by molar-refractivity contribution is 7.80. The molecule has 0 aliphatic heterocycles. The van der Waals surface area contributed by atoms with Gasteiger partial charge in [-0.25, -0.2) is 0 Å². The zero-order valence-electron chi connectivity index (χ0n) is 11.3. The van der Waals surface area contributed by atoms with Gasteiger partial charge >= 0.3 is 0 Å². The Labute approximate surface area is 141 Å². The second-order valence-electron chi connectivity index (χ2n) is 4.40. The fraction of sp³-hybridized carbons (Fsp3) is 0. The summed E-state index contributed by atoms with van der Waals surface area (Å²) < 4.78 is 0. The van der Waals surface area contributed by atoms with Crippen LogP contribution < -0.4 is 0 Å². The molecule has 3 aromatic carbocycles. The Morgan fingerprint density at radius 2 is 1.05 bits per heavy atom. The van der Waals surface area contributed by atoms with E-state index in [1.807, 2.05) is 66.7 Å². The smallest absolute Gasteiger partial charge is 0.0405 e. The van der Waals surface area contributed by atoms with E-state index in [0.29, 0.717) is 0 Å². The Morgan fingerprint density at radius 3 is 1.38 bits per heavy atom. The van der Waals surface area contributed by atoms with Crippen LogP contribution in [-0.4, -0.2) is 0 Å². The third-order valence-electron chi connectivity index (χ3n) is 2.76. The van der Waals surface area contributed by atoms with Crippen molar-refractivity contribution in [3.05, 3.63) is 83.9 Å². The fourth-order valence-electron chi connectivity index (χ4n) is 1.79. The van der Waals surface area contributed by atoms with Crippen molar-refractivity contribution < 1.29 is 0 Å². The molecule has 106 valence electrons. The van der Waals surface area contributed by atoms with Gasteiger partial charge in [0.15, 0.2) is 0 Å². The van der Waals surface area contributed by atoms with Crippen LogP contribution in [0.1, 0.15) is 0 Å². The lowest BCUT2D eigenvalue weighted by atomic mass is 10.1. The molecule has 21 heavy (non-hydrogen) atoms. The van der Waals surface area contributed by atoms with Crippen molar-refractivity contribution in [3.8, 4) is 11.1 Å².